The number of hydrogen-bond acceptors (Lipinski definition) is 4. The molecule has 1 spiro atoms. The zero-order valence-corrected chi connectivity index (χ0v) is 16.6. The Kier molecular flexibility index (Phi) is 4.98. The van der Waals surface area contributed by atoms with Gasteiger partial charge in [0, 0.05) is 25.0 Å². The van der Waals surface area contributed by atoms with Gasteiger partial charge in [0.05, 0.1) is 6.54 Å². The van der Waals surface area contributed by atoms with Gasteiger partial charge in [-0.25, -0.2) is 4.99 Å². The van der Waals surface area contributed by atoms with Crippen LogP contribution >= 0.6 is 11.3 Å². The van der Waals surface area contributed by atoms with Crippen LogP contribution in [0.1, 0.15) is 48.6 Å². The third-order valence-electron chi connectivity index (χ3n) is 5.96. The molecule has 0 amide bonds. The molecule has 0 bridgehead atoms. The fourth-order valence-electron chi connectivity index (χ4n) is 4.23. The van der Waals surface area contributed by atoms with Crippen LogP contribution in [0.15, 0.2) is 22.5 Å². The van der Waals surface area contributed by atoms with Crippen LogP contribution in [0.5, 0.6) is 0 Å². The first kappa shape index (κ1) is 17.5. The van der Waals surface area contributed by atoms with Gasteiger partial charge < -0.3 is 14.8 Å². The predicted octanol–water partition coefficient (Wildman–Crippen LogP) is 3.10. The zero-order chi connectivity index (χ0) is 18.0. The number of thiophene rings is 1. The lowest BCUT2D eigenvalue weighted by Crippen LogP contribution is -2.40. The molecular weight excluding hydrogens is 344 g/mol. The first-order valence-corrected chi connectivity index (χ1v) is 10.4. The summed E-state index contributed by atoms with van der Waals surface area (Å²) < 4.78 is 2.02. The Balaban J connectivity index is 1.49. The number of nitrogens with zero attached hydrogens (tertiary/aromatic N) is 5. The standard InChI is InChI=1S/C19H28N6S/c1-15-22-23-17(24(15)2)13-21-18(20-12-16-6-5-11-26-16)25-10-9-19(14-25)7-3-4-8-19/h5-6,11H,3-4,7-10,12-14H2,1-2H3,(H,20,21). The lowest BCUT2D eigenvalue weighted by Gasteiger charge is -2.26. The SMILES string of the molecule is Cc1nnc(CN=C(NCc2cccs2)N2CCC3(CCCC3)C2)n1C. The summed E-state index contributed by atoms with van der Waals surface area (Å²) in [6.07, 6.45) is 6.84. The normalized spacial score (nSPS) is 19.6. The van der Waals surface area contributed by atoms with Gasteiger partial charge in [-0.05, 0) is 43.0 Å². The van der Waals surface area contributed by atoms with Crippen molar-refractivity contribution in [1.29, 1.82) is 0 Å². The smallest absolute Gasteiger partial charge is 0.194 e. The molecule has 2 fully saturated rings. The Morgan fingerprint density at radius 2 is 2.15 bits per heavy atom. The molecule has 2 aliphatic rings. The van der Waals surface area contributed by atoms with Crippen molar-refractivity contribution in [2.24, 2.45) is 17.5 Å². The van der Waals surface area contributed by atoms with E-state index in [0.717, 1.165) is 37.2 Å². The van der Waals surface area contributed by atoms with Crippen molar-refractivity contribution in [3.05, 3.63) is 34.0 Å². The van der Waals surface area contributed by atoms with E-state index in [1.165, 1.54) is 37.0 Å². The summed E-state index contributed by atoms with van der Waals surface area (Å²) in [7, 11) is 2.00. The highest BCUT2D eigenvalue weighted by Gasteiger charge is 2.41. The fourth-order valence-corrected chi connectivity index (χ4v) is 4.87. The van der Waals surface area contributed by atoms with E-state index in [4.69, 9.17) is 4.99 Å². The molecule has 3 heterocycles. The molecule has 0 atom stereocenters. The second kappa shape index (κ2) is 7.39. The predicted molar refractivity (Wildman–Crippen MR) is 105 cm³/mol. The van der Waals surface area contributed by atoms with Crippen LogP contribution in [-0.4, -0.2) is 38.7 Å². The average Bonchev–Trinajstić information content (AvgIpc) is 3.43. The average molecular weight is 373 g/mol. The molecule has 1 saturated carbocycles. The van der Waals surface area contributed by atoms with Crippen molar-refractivity contribution in [3.8, 4) is 0 Å². The third-order valence-corrected chi connectivity index (χ3v) is 6.83. The Morgan fingerprint density at radius 3 is 2.85 bits per heavy atom. The number of aliphatic imine (C=N–C) groups is 1. The minimum absolute atomic E-state index is 0.534. The van der Waals surface area contributed by atoms with E-state index < -0.39 is 0 Å². The summed E-state index contributed by atoms with van der Waals surface area (Å²) in [5.74, 6) is 2.85. The van der Waals surface area contributed by atoms with Gasteiger partial charge in [-0.3, -0.25) is 0 Å². The van der Waals surface area contributed by atoms with Gasteiger partial charge >= 0.3 is 0 Å². The minimum atomic E-state index is 0.534. The minimum Gasteiger partial charge on any atom is -0.351 e. The molecule has 2 aromatic heterocycles. The van der Waals surface area contributed by atoms with Crippen LogP contribution in [0, 0.1) is 12.3 Å². The van der Waals surface area contributed by atoms with Gasteiger partial charge in [0.25, 0.3) is 0 Å². The van der Waals surface area contributed by atoms with E-state index in [-0.39, 0.29) is 0 Å². The maximum atomic E-state index is 4.92. The maximum Gasteiger partial charge on any atom is 0.194 e. The van der Waals surface area contributed by atoms with E-state index in [1.807, 2.05) is 18.5 Å². The summed E-state index contributed by atoms with van der Waals surface area (Å²) in [6.45, 7) is 5.61. The number of rotatable bonds is 4. The van der Waals surface area contributed by atoms with Crippen molar-refractivity contribution in [2.75, 3.05) is 13.1 Å². The van der Waals surface area contributed by atoms with Gasteiger partial charge in [0.2, 0.25) is 0 Å². The van der Waals surface area contributed by atoms with Crippen LogP contribution < -0.4 is 5.32 Å². The van der Waals surface area contributed by atoms with Gasteiger partial charge in [0.15, 0.2) is 11.8 Å². The first-order chi connectivity index (χ1) is 12.7. The van der Waals surface area contributed by atoms with Gasteiger partial charge in [0.1, 0.15) is 12.4 Å². The molecular formula is C19H28N6S. The molecule has 26 heavy (non-hydrogen) atoms. The summed E-state index contributed by atoms with van der Waals surface area (Å²) >= 11 is 1.78. The molecule has 6 nitrogen and oxygen atoms in total. The van der Waals surface area contributed by atoms with E-state index >= 15 is 0 Å². The Bertz CT molecular complexity index is 757. The number of hydrogen-bond donors (Lipinski definition) is 1. The van der Waals surface area contributed by atoms with Gasteiger partial charge in [-0.2, -0.15) is 0 Å². The topological polar surface area (TPSA) is 58.3 Å². The van der Waals surface area contributed by atoms with Crippen LogP contribution in [0.25, 0.3) is 0 Å². The van der Waals surface area contributed by atoms with Crippen molar-refractivity contribution in [2.45, 2.75) is 52.1 Å². The van der Waals surface area contributed by atoms with Crippen LogP contribution in [0.4, 0.5) is 0 Å². The lowest BCUT2D eigenvalue weighted by molar-refractivity contribution is 0.309. The summed E-state index contributed by atoms with van der Waals surface area (Å²) in [5, 5.41) is 14.1. The number of aromatic nitrogens is 3. The fraction of sp³-hybridized carbons (Fsp3) is 0.632. The molecule has 2 aromatic rings. The number of aryl methyl sites for hydroxylation is 1. The number of likely N-dealkylation sites (tertiary alicyclic amines) is 1. The van der Waals surface area contributed by atoms with E-state index in [2.05, 4.69) is 37.9 Å². The highest BCUT2D eigenvalue weighted by atomic mass is 32.1. The molecule has 0 radical (unpaired) electrons. The number of guanidine groups is 1. The molecule has 0 unspecified atom stereocenters. The van der Waals surface area contributed by atoms with Crippen LogP contribution in [0.3, 0.4) is 0 Å². The molecule has 1 aliphatic heterocycles. The van der Waals surface area contributed by atoms with Crippen molar-refractivity contribution < 1.29 is 0 Å². The van der Waals surface area contributed by atoms with E-state index in [9.17, 15) is 0 Å². The quantitative estimate of drug-likeness (QED) is 0.662. The second-order valence-electron chi connectivity index (χ2n) is 7.67. The molecule has 4 rings (SSSR count). The van der Waals surface area contributed by atoms with Crippen LogP contribution in [-0.2, 0) is 20.1 Å². The Morgan fingerprint density at radius 1 is 1.31 bits per heavy atom. The Hall–Kier alpha value is -1.89. The highest BCUT2D eigenvalue weighted by Crippen LogP contribution is 2.45. The molecule has 1 N–H and O–H groups in total. The molecule has 7 heteroatoms. The zero-order valence-electron chi connectivity index (χ0n) is 15.7. The Labute approximate surface area is 159 Å². The van der Waals surface area contributed by atoms with Gasteiger partial charge in [-0.15, -0.1) is 21.5 Å². The molecule has 1 saturated heterocycles. The van der Waals surface area contributed by atoms with E-state index in [0.29, 0.717) is 12.0 Å². The third kappa shape index (κ3) is 3.63. The van der Waals surface area contributed by atoms with Crippen molar-refractivity contribution in [3.63, 3.8) is 0 Å². The largest absolute Gasteiger partial charge is 0.351 e. The maximum absolute atomic E-state index is 4.92. The molecule has 0 aromatic carbocycles. The summed E-state index contributed by atoms with van der Waals surface area (Å²) in [6, 6.07) is 4.27. The second-order valence-corrected chi connectivity index (χ2v) is 8.71. The monoisotopic (exact) mass is 372 g/mol. The molecule has 140 valence electrons. The van der Waals surface area contributed by atoms with Crippen molar-refractivity contribution in [1.82, 2.24) is 25.0 Å². The highest BCUT2D eigenvalue weighted by molar-refractivity contribution is 7.09. The van der Waals surface area contributed by atoms with Crippen molar-refractivity contribution >= 4 is 17.3 Å². The van der Waals surface area contributed by atoms with Gasteiger partial charge in [-0.1, -0.05) is 18.9 Å². The number of nitrogens with one attached hydrogen (secondary N) is 1. The van der Waals surface area contributed by atoms with Crippen LogP contribution in [0.2, 0.25) is 0 Å². The molecule has 1 aliphatic carbocycles. The summed E-state index contributed by atoms with van der Waals surface area (Å²) in [5.41, 5.74) is 0.534. The van der Waals surface area contributed by atoms with E-state index in [1.54, 1.807) is 11.3 Å². The first-order valence-electron chi connectivity index (χ1n) is 9.56. The summed E-state index contributed by atoms with van der Waals surface area (Å²) in [4.78, 5) is 8.71. The lowest BCUT2D eigenvalue weighted by atomic mass is 9.86.